The second-order valence-corrected chi connectivity index (χ2v) is 6.66. The van der Waals surface area contributed by atoms with Crippen molar-refractivity contribution in [3.63, 3.8) is 0 Å². The van der Waals surface area contributed by atoms with Crippen LogP contribution in [-0.4, -0.2) is 25.8 Å². The van der Waals surface area contributed by atoms with E-state index in [1.54, 1.807) is 0 Å². The minimum absolute atomic E-state index is 0.121. The second-order valence-electron chi connectivity index (χ2n) is 6.66. The van der Waals surface area contributed by atoms with Crippen LogP contribution < -0.4 is 20.1 Å². The molecule has 1 fully saturated rings. The molecular formula is C20H22N2O3. The Morgan fingerprint density at radius 2 is 1.72 bits per heavy atom. The van der Waals surface area contributed by atoms with E-state index in [0.717, 1.165) is 29.9 Å². The zero-order valence-electron chi connectivity index (χ0n) is 14.1. The third-order valence-corrected chi connectivity index (χ3v) is 4.89. The molecule has 130 valence electrons. The fourth-order valence-electron chi connectivity index (χ4n) is 3.20. The van der Waals surface area contributed by atoms with E-state index in [2.05, 4.69) is 34.9 Å². The highest BCUT2D eigenvalue weighted by Crippen LogP contribution is 2.47. The van der Waals surface area contributed by atoms with E-state index in [1.165, 1.54) is 5.56 Å². The molecule has 1 heterocycles. The Morgan fingerprint density at radius 1 is 0.960 bits per heavy atom. The molecule has 0 spiro atoms. The van der Waals surface area contributed by atoms with Gasteiger partial charge in [0.25, 0.3) is 0 Å². The van der Waals surface area contributed by atoms with Crippen LogP contribution in [0.25, 0.3) is 0 Å². The molecule has 5 nitrogen and oxygen atoms in total. The maximum absolute atomic E-state index is 12.1. The van der Waals surface area contributed by atoms with Crippen molar-refractivity contribution in [2.75, 3.05) is 19.8 Å². The smallest absolute Gasteiger partial charge is 0.315 e. The fraction of sp³-hybridized carbons (Fsp3) is 0.350. The Balaban J connectivity index is 1.28. The van der Waals surface area contributed by atoms with Gasteiger partial charge in [0.2, 0.25) is 0 Å². The van der Waals surface area contributed by atoms with Crippen molar-refractivity contribution in [2.45, 2.75) is 24.8 Å². The first kappa shape index (κ1) is 15.8. The molecule has 2 N–H and O–H groups in total. The number of carbonyl (C=O) groups is 1. The number of ether oxygens (including phenoxy) is 2. The lowest BCUT2D eigenvalue weighted by Gasteiger charge is -2.19. The third kappa shape index (κ3) is 3.55. The lowest BCUT2D eigenvalue weighted by molar-refractivity contribution is 0.171. The molecule has 5 heteroatoms. The van der Waals surface area contributed by atoms with E-state index in [0.29, 0.717) is 26.3 Å². The highest BCUT2D eigenvalue weighted by atomic mass is 16.6. The first-order chi connectivity index (χ1) is 12.3. The van der Waals surface area contributed by atoms with Gasteiger partial charge < -0.3 is 20.1 Å². The van der Waals surface area contributed by atoms with Crippen LogP contribution in [0.4, 0.5) is 4.79 Å². The number of amides is 2. The Labute approximate surface area is 147 Å². The number of hydrogen-bond donors (Lipinski definition) is 2. The zero-order valence-corrected chi connectivity index (χ0v) is 14.1. The van der Waals surface area contributed by atoms with Crippen LogP contribution >= 0.6 is 0 Å². The molecule has 0 unspecified atom stereocenters. The summed E-state index contributed by atoms with van der Waals surface area (Å²) in [5.74, 6) is 1.50. The molecule has 2 aliphatic rings. The van der Waals surface area contributed by atoms with Gasteiger partial charge in [0.1, 0.15) is 13.2 Å². The van der Waals surface area contributed by atoms with Crippen LogP contribution in [-0.2, 0) is 12.0 Å². The quantitative estimate of drug-likeness (QED) is 0.881. The van der Waals surface area contributed by atoms with Crippen LogP contribution in [0.5, 0.6) is 11.5 Å². The number of nitrogens with one attached hydrogen (secondary N) is 2. The molecule has 0 radical (unpaired) electrons. The van der Waals surface area contributed by atoms with Crippen molar-refractivity contribution < 1.29 is 14.3 Å². The number of urea groups is 1. The molecule has 0 atom stereocenters. The van der Waals surface area contributed by atoms with Gasteiger partial charge in [-0.25, -0.2) is 4.79 Å². The number of benzene rings is 2. The maximum Gasteiger partial charge on any atom is 0.315 e. The van der Waals surface area contributed by atoms with Gasteiger partial charge in [0, 0.05) is 18.5 Å². The number of hydrogen-bond acceptors (Lipinski definition) is 3. The molecule has 0 saturated heterocycles. The largest absolute Gasteiger partial charge is 0.486 e. The topological polar surface area (TPSA) is 59.6 Å². The molecule has 25 heavy (non-hydrogen) atoms. The van der Waals surface area contributed by atoms with Crippen molar-refractivity contribution in [2.24, 2.45) is 0 Å². The van der Waals surface area contributed by atoms with E-state index in [9.17, 15) is 4.79 Å². The standard InChI is InChI=1S/C20H22N2O3/c23-19(22-14-20(8-9-20)16-4-2-1-3-5-16)21-13-15-6-7-17-18(12-15)25-11-10-24-17/h1-7,12H,8-11,13-14H2,(H2,21,22,23). The van der Waals surface area contributed by atoms with Gasteiger partial charge >= 0.3 is 6.03 Å². The first-order valence-electron chi connectivity index (χ1n) is 8.71. The summed E-state index contributed by atoms with van der Waals surface area (Å²) < 4.78 is 11.1. The van der Waals surface area contributed by atoms with Crippen molar-refractivity contribution in [1.29, 1.82) is 0 Å². The third-order valence-electron chi connectivity index (χ3n) is 4.89. The predicted octanol–water partition coefficient (Wildman–Crippen LogP) is 2.99. The predicted molar refractivity (Wildman–Crippen MR) is 95.0 cm³/mol. The molecule has 2 aromatic rings. The van der Waals surface area contributed by atoms with Crippen LogP contribution in [0.2, 0.25) is 0 Å². The van der Waals surface area contributed by atoms with Gasteiger partial charge in [0.05, 0.1) is 0 Å². The van der Waals surface area contributed by atoms with Crippen molar-refractivity contribution >= 4 is 6.03 Å². The maximum atomic E-state index is 12.1. The Bertz CT molecular complexity index is 757. The molecular weight excluding hydrogens is 316 g/mol. The van der Waals surface area contributed by atoms with E-state index < -0.39 is 0 Å². The monoisotopic (exact) mass is 338 g/mol. The van der Waals surface area contributed by atoms with Gasteiger partial charge in [-0.2, -0.15) is 0 Å². The van der Waals surface area contributed by atoms with Gasteiger partial charge in [-0.05, 0) is 36.1 Å². The molecule has 1 saturated carbocycles. The van der Waals surface area contributed by atoms with Crippen molar-refractivity contribution in [1.82, 2.24) is 10.6 Å². The van der Waals surface area contributed by atoms with Gasteiger partial charge in [-0.3, -0.25) is 0 Å². The summed E-state index contributed by atoms with van der Waals surface area (Å²) in [6.07, 6.45) is 2.25. The number of fused-ring (bicyclic) bond motifs is 1. The molecule has 0 bridgehead atoms. The highest BCUT2D eigenvalue weighted by molar-refractivity contribution is 5.74. The van der Waals surface area contributed by atoms with Crippen LogP contribution in [0.15, 0.2) is 48.5 Å². The number of rotatable bonds is 5. The lowest BCUT2D eigenvalue weighted by Crippen LogP contribution is -2.39. The Kier molecular flexibility index (Phi) is 4.22. The lowest BCUT2D eigenvalue weighted by atomic mass is 9.96. The summed E-state index contributed by atoms with van der Waals surface area (Å²) in [5.41, 5.74) is 2.42. The summed E-state index contributed by atoms with van der Waals surface area (Å²) in [4.78, 5) is 12.1. The van der Waals surface area contributed by atoms with Crippen molar-refractivity contribution in [3.8, 4) is 11.5 Å². The Morgan fingerprint density at radius 3 is 2.48 bits per heavy atom. The molecule has 2 amide bonds. The molecule has 2 aromatic carbocycles. The first-order valence-corrected chi connectivity index (χ1v) is 8.71. The van der Waals surface area contributed by atoms with Gasteiger partial charge in [-0.1, -0.05) is 36.4 Å². The zero-order chi connectivity index (χ0) is 17.1. The molecule has 1 aliphatic carbocycles. The average Bonchev–Trinajstić information content (AvgIpc) is 3.46. The SMILES string of the molecule is O=C(NCc1ccc2c(c1)OCCO2)NCC1(c2ccccc2)CC1. The minimum atomic E-state index is -0.142. The van der Waals surface area contributed by atoms with E-state index in [-0.39, 0.29) is 11.4 Å². The fourth-order valence-corrected chi connectivity index (χ4v) is 3.20. The summed E-state index contributed by atoms with van der Waals surface area (Å²) in [6.45, 7) is 2.27. The summed E-state index contributed by atoms with van der Waals surface area (Å²) in [5, 5.41) is 5.92. The Hall–Kier alpha value is -2.69. The van der Waals surface area contributed by atoms with Crippen LogP contribution in [0.1, 0.15) is 24.0 Å². The summed E-state index contributed by atoms with van der Waals surface area (Å²) >= 11 is 0. The second kappa shape index (κ2) is 6.67. The molecule has 4 rings (SSSR count). The molecule has 1 aliphatic heterocycles. The van der Waals surface area contributed by atoms with Crippen molar-refractivity contribution in [3.05, 3.63) is 59.7 Å². The summed E-state index contributed by atoms with van der Waals surface area (Å²) in [6, 6.07) is 16.0. The van der Waals surface area contributed by atoms with E-state index >= 15 is 0 Å². The van der Waals surface area contributed by atoms with Crippen LogP contribution in [0, 0.1) is 0 Å². The van der Waals surface area contributed by atoms with E-state index in [4.69, 9.17) is 9.47 Å². The average molecular weight is 338 g/mol. The highest BCUT2D eigenvalue weighted by Gasteiger charge is 2.44. The number of carbonyl (C=O) groups excluding carboxylic acids is 1. The minimum Gasteiger partial charge on any atom is -0.486 e. The summed E-state index contributed by atoms with van der Waals surface area (Å²) in [7, 11) is 0. The molecule has 0 aromatic heterocycles. The van der Waals surface area contributed by atoms with Gasteiger partial charge in [-0.15, -0.1) is 0 Å². The van der Waals surface area contributed by atoms with Gasteiger partial charge in [0.15, 0.2) is 11.5 Å². The van der Waals surface area contributed by atoms with Crippen LogP contribution in [0.3, 0.4) is 0 Å². The van der Waals surface area contributed by atoms with E-state index in [1.807, 2.05) is 24.3 Å². The normalized spacial score (nSPS) is 16.8.